The monoisotopic (exact) mass is 319 g/mol. The van der Waals surface area contributed by atoms with Crippen molar-refractivity contribution in [1.29, 1.82) is 0 Å². The summed E-state index contributed by atoms with van der Waals surface area (Å²) in [6.45, 7) is 8.14. The van der Waals surface area contributed by atoms with E-state index >= 15 is 0 Å². The first kappa shape index (κ1) is 19.5. The average Bonchev–Trinajstić information content (AvgIpc) is 2.56. The van der Waals surface area contributed by atoms with Gasteiger partial charge in [0, 0.05) is 44.5 Å². The minimum Gasteiger partial charge on any atom is -0.375 e. The minimum absolute atomic E-state index is 0.0590. The topological polar surface area (TPSA) is 49.6 Å². The number of unbranched alkanes of at least 4 members (excludes halogenated alkanes) is 1. The summed E-state index contributed by atoms with van der Waals surface area (Å²) in [5, 5.41) is 0. The Labute approximate surface area is 141 Å². The predicted octanol–water partition coefficient (Wildman–Crippen LogP) is 3.37. The molecule has 0 heterocycles. The van der Waals surface area contributed by atoms with E-state index in [1.54, 1.807) is 4.90 Å². The van der Waals surface area contributed by atoms with Crippen LogP contribution in [0.15, 0.2) is 24.3 Å². The lowest BCUT2D eigenvalue weighted by Crippen LogP contribution is -2.34. The molecule has 1 aromatic carbocycles. The van der Waals surface area contributed by atoms with Gasteiger partial charge in [-0.05, 0) is 43.0 Å². The van der Waals surface area contributed by atoms with Crippen LogP contribution < -0.4 is 10.6 Å². The van der Waals surface area contributed by atoms with Gasteiger partial charge in [-0.2, -0.15) is 0 Å². The van der Waals surface area contributed by atoms with Gasteiger partial charge in [-0.25, -0.2) is 0 Å². The molecule has 0 fully saturated rings. The minimum atomic E-state index is 0.0590. The van der Waals surface area contributed by atoms with Crippen molar-refractivity contribution in [3.05, 3.63) is 29.8 Å². The molecule has 0 saturated heterocycles. The summed E-state index contributed by atoms with van der Waals surface area (Å²) >= 11 is 0. The smallest absolute Gasteiger partial charge is 0.253 e. The molecular weight excluding hydrogens is 286 g/mol. The zero-order chi connectivity index (χ0) is 17.4. The molecule has 0 aromatic heterocycles. The Morgan fingerprint density at radius 3 is 2.26 bits per heavy atom. The van der Waals surface area contributed by atoms with Crippen molar-refractivity contribution in [2.45, 2.75) is 46.1 Å². The average molecular weight is 319 g/mol. The summed E-state index contributed by atoms with van der Waals surface area (Å²) in [4.78, 5) is 16.4. The zero-order valence-electron chi connectivity index (χ0n) is 15.4. The van der Waals surface area contributed by atoms with Gasteiger partial charge in [0.15, 0.2) is 0 Å². The van der Waals surface area contributed by atoms with Crippen LogP contribution in [0.2, 0.25) is 0 Å². The van der Waals surface area contributed by atoms with Crippen molar-refractivity contribution in [3.8, 4) is 0 Å². The molecule has 4 nitrogen and oxygen atoms in total. The molecule has 23 heavy (non-hydrogen) atoms. The van der Waals surface area contributed by atoms with E-state index in [9.17, 15) is 4.79 Å². The van der Waals surface area contributed by atoms with Gasteiger partial charge in [0.25, 0.3) is 5.91 Å². The number of hydrogen-bond acceptors (Lipinski definition) is 3. The second kappa shape index (κ2) is 9.56. The van der Waals surface area contributed by atoms with Gasteiger partial charge in [-0.3, -0.25) is 4.79 Å². The van der Waals surface area contributed by atoms with Gasteiger partial charge in [0.1, 0.15) is 0 Å². The van der Waals surface area contributed by atoms with E-state index in [1.807, 2.05) is 31.3 Å². The largest absolute Gasteiger partial charge is 0.375 e. The van der Waals surface area contributed by atoms with Crippen molar-refractivity contribution in [3.63, 3.8) is 0 Å². The highest BCUT2D eigenvalue weighted by atomic mass is 16.2. The number of benzene rings is 1. The maximum absolute atomic E-state index is 12.5. The Balaban J connectivity index is 2.59. The molecular formula is C19H33N3O. The van der Waals surface area contributed by atoms with Crippen LogP contribution in [-0.4, -0.2) is 44.0 Å². The Morgan fingerprint density at radius 2 is 1.74 bits per heavy atom. The number of rotatable bonds is 9. The van der Waals surface area contributed by atoms with Gasteiger partial charge >= 0.3 is 0 Å². The zero-order valence-corrected chi connectivity index (χ0v) is 15.4. The number of carbonyl (C=O) groups is 1. The SMILES string of the molecule is CCCCN(C)c1ccc(C(=O)N(C)CCC(N)C(C)C)cc1. The number of nitrogens with zero attached hydrogens (tertiary/aromatic N) is 2. The summed E-state index contributed by atoms with van der Waals surface area (Å²) in [5.41, 5.74) is 7.94. The molecule has 1 unspecified atom stereocenters. The first-order valence-corrected chi connectivity index (χ1v) is 8.69. The van der Waals surface area contributed by atoms with Crippen molar-refractivity contribution >= 4 is 11.6 Å². The quantitative estimate of drug-likeness (QED) is 0.759. The maximum atomic E-state index is 12.5. The fourth-order valence-corrected chi connectivity index (χ4v) is 2.38. The van der Waals surface area contributed by atoms with E-state index < -0.39 is 0 Å². The van der Waals surface area contributed by atoms with Crippen LogP contribution in [0, 0.1) is 5.92 Å². The van der Waals surface area contributed by atoms with Crippen molar-refractivity contribution in [1.82, 2.24) is 4.90 Å². The number of hydrogen-bond donors (Lipinski definition) is 1. The van der Waals surface area contributed by atoms with E-state index in [0.29, 0.717) is 12.5 Å². The van der Waals surface area contributed by atoms with Crippen LogP contribution in [0.4, 0.5) is 5.69 Å². The van der Waals surface area contributed by atoms with E-state index in [2.05, 4.69) is 32.7 Å². The molecule has 2 N–H and O–H groups in total. The van der Waals surface area contributed by atoms with Gasteiger partial charge in [-0.1, -0.05) is 27.2 Å². The van der Waals surface area contributed by atoms with E-state index in [-0.39, 0.29) is 11.9 Å². The molecule has 0 aliphatic heterocycles. The lowest BCUT2D eigenvalue weighted by Gasteiger charge is -2.22. The Bertz CT molecular complexity index is 470. The normalized spacial score (nSPS) is 12.3. The molecule has 0 aliphatic carbocycles. The Morgan fingerprint density at radius 1 is 1.13 bits per heavy atom. The summed E-state index contributed by atoms with van der Waals surface area (Å²) in [7, 11) is 3.93. The first-order chi connectivity index (χ1) is 10.9. The van der Waals surface area contributed by atoms with Crippen LogP contribution in [0.25, 0.3) is 0 Å². The molecule has 1 amide bonds. The van der Waals surface area contributed by atoms with Crippen molar-refractivity contribution < 1.29 is 4.79 Å². The third kappa shape index (κ3) is 6.22. The van der Waals surface area contributed by atoms with Crippen LogP contribution >= 0.6 is 0 Å². The van der Waals surface area contributed by atoms with Gasteiger partial charge in [-0.15, -0.1) is 0 Å². The lowest BCUT2D eigenvalue weighted by atomic mass is 10.0. The van der Waals surface area contributed by atoms with Crippen LogP contribution in [0.5, 0.6) is 0 Å². The third-order valence-corrected chi connectivity index (χ3v) is 4.40. The summed E-state index contributed by atoms with van der Waals surface area (Å²) in [6.07, 6.45) is 3.19. The lowest BCUT2D eigenvalue weighted by molar-refractivity contribution is 0.0789. The highest BCUT2D eigenvalue weighted by Gasteiger charge is 2.14. The fraction of sp³-hybridized carbons (Fsp3) is 0.632. The van der Waals surface area contributed by atoms with Crippen LogP contribution in [-0.2, 0) is 0 Å². The maximum Gasteiger partial charge on any atom is 0.253 e. The number of nitrogens with two attached hydrogens (primary N) is 1. The van der Waals surface area contributed by atoms with E-state index in [1.165, 1.54) is 12.8 Å². The van der Waals surface area contributed by atoms with E-state index in [4.69, 9.17) is 5.73 Å². The highest BCUT2D eigenvalue weighted by molar-refractivity contribution is 5.94. The molecule has 0 aliphatic rings. The summed E-state index contributed by atoms with van der Waals surface area (Å²) in [5.74, 6) is 0.500. The molecule has 4 heteroatoms. The van der Waals surface area contributed by atoms with Gasteiger partial charge in [0.2, 0.25) is 0 Å². The summed E-state index contributed by atoms with van der Waals surface area (Å²) in [6, 6.07) is 8.02. The Hall–Kier alpha value is -1.55. The van der Waals surface area contributed by atoms with Crippen LogP contribution in [0.1, 0.15) is 50.4 Å². The molecule has 1 atom stereocenters. The third-order valence-electron chi connectivity index (χ3n) is 4.40. The van der Waals surface area contributed by atoms with Crippen LogP contribution in [0.3, 0.4) is 0 Å². The standard InChI is InChI=1S/C19H33N3O/c1-6-7-13-21(4)17-10-8-16(9-11-17)19(23)22(5)14-12-18(20)15(2)3/h8-11,15,18H,6-7,12-14,20H2,1-5H3. The Kier molecular flexibility index (Phi) is 8.10. The predicted molar refractivity (Wildman–Crippen MR) is 99.0 cm³/mol. The molecule has 130 valence electrons. The molecule has 0 saturated carbocycles. The molecule has 1 aromatic rings. The second-order valence-corrected chi connectivity index (χ2v) is 6.75. The van der Waals surface area contributed by atoms with Crippen molar-refractivity contribution in [2.75, 3.05) is 32.1 Å². The first-order valence-electron chi connectivity index (χ1n) is 8.69. The fourth-order valence-electron chi connectivity index (χ4n) is 2.38. The number of amides is 1. The number of anilines is 1. The second-order valence-electron chi connectivity index (χ2n) is 6.75. The number of carbonyl (C=O) groups excluding carboxylic acids is 1. The molecule has 0 bridgehead atoms. The van der Waals surface area contributed by atoms with Gasteiger partial charge in [0.05, 0.1) is 0 Å². The van der Waals surface area contributed by atoms with E-state index in [0.717, 1.165) is 24.2 Å². The summed E-state index contributed by atoms with van der Waals surface area (Å²) < 4.78 is 0. The van der Waals surface area contributed by atoms with Gasteiger partial charge < -0.3 is 15.5 Å². The molecule has 0 spiro atoms. The molecule has 0 radical (unpaired) electrons. The van der Waals surface area contributed by atoms with Crippen molar-refractivity contribution in [2.24, 2.45) is 11.7 Å². The highest BCUT2D eigenvalue weighted by Crippen LogP contribution is 2.16. The molecule has 1 rings (SSSR count).